The molecule has 0 bridgehead atoms. The van der Waals surface area contributed by atoms with Crippen LogP contribution in [0.5, 0.6) is 0 Å². The van der Waals surface area contributed by atoms with Crippen molar-refractivity contribution in [3.63, 3.8) is 0 Å². The Labute approximate surface area is 107 Å². The molecule has 5 heteroatoms. The lowest BCUT2D eigenvalue weighted by Gasteiger charge is -2.30. The van der Waals surface area contributed by atoms with E-state index in [1.165, 1.54) is 4.90 Å². The predicted molar refractivity (Wildman–Crippen MR) is 65.8 cm³/mol. The van der Waals surface area contributed by atoms with E-state index in [9.17, 15) is 14.4 Å². The summed E-state index contributed by atoms with van der Waals surface area (Å²) in [5.41, 5.74) is 0. The summed E-state index contributed by atoms with van der Waals surface area (Å²) in [6.45, 7) is 6.41. The van der Waals surface area contributed by atoms with Crippen LogP contribution in [0.2, 0.25) is 0 Å². The molecule has 1 fully saturated rings. The quantitative estimate of drug-likeness (QED) is 0.555. The third-order valence-electron chi connectivity index (χ3n) is 2.93. The molecule has 5 nitrogen and oxygen atoms in total. The highest BCUT2D eigenvalue weighted by Crippen LogP contribution is 2.17. The van der Waals surface area contributed by atoms with Crippen molar-refractivity contribution in [1.29, 1.82) is 0 Å². The van der Waals surface area contributed by atoms with Gasteiger partial charge in [0.05, 0.1) is 13.2 Å². The number of ketones is 1. The zero-order valence-corrected chi connectivity index (χ0v) is 11.3. The largest absolute Gasteiger partial charge is 0.465 e. The fourth-order valence-corrected chi connectivity index (χ4v) is 2.01. The number of hydrogen-bond donors (Lipinski definition) is 0. The molecular formula is C13H21NO4. The molecule has 1 heterocycles. The highest BCUT2D eigenvalue weighted by molar-refractivity contribution is 6.01. The molecule has 1 atom stereocenters. The minimum Gasteiger partial charge on any atom is -0.465 e. The second-order valence-corrected chi connectivity index (χ2v) is 4.97. The van der Waals surface area contributed by atoms with Gasteiger partial charge in [-0.25, -0.2) is 0 Å². The van der Waals surface area contributed by atoms with Crippen LogP contribution < -0.4 is 0 Å². The first kappa shape index (κ1) is 14.7. The Kier molecular flexibility index (Phi) is 5.31. The number of esters is 1. The summed E-state index contributed by atoms with van der Waals surface area (Å²) in [5, 5.41) is 0. The van der Waals surface area contributed by atoms with Crippen LogP contribution >= 0.6 is 0 Å². The van der Waals surface area contributed by atoms with Crippen molar-refractivity contribution in [2.45, 2.75) is 33.6 Å². The van der Waals surface area contributed by atoms with Crippen LogP contribution in [0.3, 0.4) is 0 Å². The van der Waals surface area contributed by atoms with Gasteiger partial charge in [0.2, 0.25) is 5.91 Å². The second-order valence-electron chi connectivity index (χ2n) is 4.97. The summed E-state index contributed by atoms with van der Waals surface area (Å²) >= 11 is 0. The van der Waals surface area contributed by atoms with Gasteiger partial charge in [-0.2, -0.15) is 0 Å². The van der Waals surface area contributed by atoms with Gasteiger partial charge < -0.3 is 9.64 Å². The van der Waals surface area contributed by atoms with Gasteiger partial charge in [0.25, 0.3) is 0 Å². The SMILES string of the molecule is CCOC(=O)C1CCN(C(=O)CC(C)C)CC1=O. The Morgan fingerprint density at radius 3 is 2.61 bits per heavy atom. The second kappa shape index (κ2) is 6.52. The number of ether oxygens (including phenoxy) is 1. The number of hydrogen-bond acceptors (Lipinski definition) is 4. The first-order chi connectivity index (χ1) is 8.45. The highest BCUT2D eigenvalue weighted by Gasteiger charge is 2.35. The standard InChI is InChI=1S/C13H21NO4/c1-4-18-13(17)10-5-6-14(8-11(10)15)12(16)7-9(2)3/h9-10H,4-8H2,1-3H3. The van der Waals surface area contributed by atoms with E-state index in [0.29, 0.717) is 19.4 Å². The Balaban J connectivity index is 2.53. The molecular weight excluding hydrogens is 234 g/mol. The summed E-state index contributed by atoms with van der Waals surface area (Å²) in [6, 6.07) is 0. The number of nitrogens with zero attached hydrogens (tertiary/aromatic N) is 1. The predicted octanol–water partition coefficient (Wildman–Crippen LogP) is 1.01. The summed E-state index contributed by atoms with van der Waals surface area (Å²) in [7, 11) is 0. The van der Waals surface area contributed by atoms with E-state index >= 15 is 0 Å². The lowest BCUT2D eigenvalue weighted by Crippen LogP contribution is -2.47. The normalized spacial score (nSPS) is 20.1. The van der Waals surface area contributed by atoms with E-state index in [1.807, 2.05) is 13.8 Å². The van der Waals surface area contributed by atoms with Crippen molar-refractivity contribution in [3.05, 3.63) is 0 Å². The molecule has 0 aromatic heterocycles. The fourth-order valence-electron chi connectivity index (χ4n) is 2.01. The Morgan fingerprint density at radius 2 is 2.11 bits per heavy atom. The first-order valence-corrected chi connectivity index (χ1v) is 6.42. The van der Waals surface area contributed by atoms with Crippen LogP contribution in [0.1, 0.15) is 33.6 Å². The van der Waals surface area contributed by atoms with Gasteiger partial charge in [-0.05, 0) is 19.3 Å². The van der Waals surface area contributed by atoms with E-state index in [0.717, 1.165) is 0 Å². The molecule has 1 aliphatic rings. The molecule has 0 aromatic rings. The molecule has 1 rings (SSSR count). The van der Waals surface area contributed by atoms with Gasteiger partial charge in [0.1, 0.15) is 5.92 Å². The lowest BCUT2D eigenvalue weighted by molar-refractivity contribution is -0.156. The number of amides is 1. The molecule has 1 unspecified atom stereocenters. The van der Waals surface area contributed by atoms with Gasteiger partial charge >= 0.3 is 5.97 Å². The molecule has 18 heavy (non-hydrogen) atoms. The summed E-state index contributed by atoms with van der Waals surface area (Å²) in [6.07, 6.45) is 0.818. The number of carbonyl (C=O) groups excluding carboxylic acids is 3. The van der Waals surface area contributed by atoms with E-state index in [1.54, 1.807) is 6.92 Å². The summed E-state index contributed by atoms with van der Waals surface area (Å²) < 4.78 is 4.85. The molecule has 0 radical (unpaired) electrons. The summed E-state index contributed by atoms with van der Waals surface area (Å²) in [4.78, 5) is 36.7. The van der Waals surface area contributed by atoms with E-state index in [-0.39, 0.29) is 30.8 Å². The maximum absolute atomic E-state index is 11.8. The van der Waals surface area contributed by atoms with Gasteiger partial charge in [-0.3, -0.25) is 14.4 Å². The van der Waals surface area contributed by atoms with Gasteiger partial charge in [-0.15, -0.1) is 0 Å². The summed E-state index contributed by atoms with van der Waals surface area (Å²) in [5.74, 6) is -1.10. The average molecular weight is 255 g/mol. The van der Waals surface area contributed by atoms with E-state index in [2.05, 4.69) is 0 Å². The molecule has 0 aromatic carbocycles. The topological polar surface area (TPSA) is 63.7 Å². The van der Waals surface area contributed by atoms with Crippen molar-refractivity contribution in [2.24, 2.45) is 11.8 Å². The smallest absolute Gasteiger partial charge is 0.316 e. The van der Waals surface area contributed by atoms with Crippen molar-refractivity contribution >= 4 is 17.7 Å². The molecule has 0 N–H and O–H groups in total. The van der Waals surface area contributed by atoms with Crippen molar-refractivity contribution in [2.75, 3.05) is 19.7 Å². The van der Waals surface area contributed by atoms with Crippen molar-refractivity contribution in [1.82, 2.24) is 4.90 Å². The third-order valence-corrected chi connectivity index (χ3v) is 2.93. The van der Waals surface area contributed by atoms with Gasteiger partial charge in [0.15, 0.2) is 5.78 Å². The van der Waals surface area contributed by atoms with Crippen LogP contribution in [0.4, 0.5) is 0 Å². The van der Waals surface area contributed by atoms with Crippen LogP contribution in [-0.4, -0.2) is 42.3 Å². The zero-order valence-electron chi connectivity index (χ0n) is 11.3. The minimum atomic E-state index is -0.687. The maximum Gasteiger partial charge on any atom is 0.316 e. The molecule has 0 spiro atoms. The monoisotopic (exact) mass is 255 g/mol. The van der Waals surface area contributed by atoms with Crippen molar-refractivity contribution in [3.8, 4) is 0 Å². The molecule has 0 saturated carbocycles. The highest BCUT2D eigenvalue weighted by atomic mass is 16.5. The van der Waals surface area contributed by atoms with Crippen LogP contribution in [-0.2, 0) is 19.1 Å². The molecule has 102 valence electrons. The average Bonchev–Trinajstić information content (AvgIpc) is 2.28. The molecule has 1 amide bonds. The maximum atomic E-state index is 11.8. The molecule has 1 aliphatic heterocycles. The number of rotatable bonds is 4. The first-order valence-electron chi connectivity index (χ1n) is 6.42. The third kappa shape index (κ3) is 3.82. The van der Waals surface area contributed by atoms with E-state index < -0.39 is 11.9 Å². The Morgan fingerprint density at radius 1 is 1.44 bits per heavy atom. The lowest BCUT2D eigenvalue weighted by atomic mass is 9.95. The number of likely N-dealkylation sites (tertiary alicyclic amines) is 1. The Bertz CT molecular complexity index is 338. The molecule has 1 saturated heterocycles. The number of piperidine rings is 1. The fraction of sp³-hybridized carbons (Fsp3) is 0.769. The van der Waals surface area contributed by atoms with E-state index in [4.69, 9.17) is 4.74 Å². The Hall–Kier alpha value is -1.39. The van der Waals surface area contributed by atoms with Crippen molar-refractivity contribution < 1.29 is 19.1 Å². The number of carbonyl (C=O) groups is 3. The van der Waals surface area contributed by atoms with Gasteiger partial charge in [-0.1, -0.05) is 13.8 Å². The van der Waals surface area contributed by atoms with Crippen LogP contribution in [0, 0.1) is 11.8 Å². The van der Waals surface area contributed by atoms with Crippen LogP contribution in [0.15, 0.2) is 0 Å². The minimum absolute atomic E-state index is 0.0133. The van der Waals surface area contributed by atoms with Gasteiger partial charge in [0, 0.05) is 13.0 Å². The molecule has 0 aliphatic carbocycles. The van der Waals surface area contributed by atoms with Crippen LogP contribution in [0.25, 0.3) is 0 Å². The number of Topliss-reactive ketones (excluding diaryl/α,β-unsaturated/α-hetero) is 1. The zero-order chi connectivity index (χ0) is 13.7.